The fraction of sp³-hybridized carbons (Fsp3) is 0. The standard InChI is InChI=1S/C6H5BN2O2/c8-4-5-1-2-9-6(3-5)7(10)11/h1-3,10-11H. The summed E-state index contributed by atoms with van der Waals surface area (Å²) in [4.78, 5) is 3.64. The largest absolute Gasteiger partial charge is 0.508 e. The maximum Gasteiger partial charge on any atom is 0.508 e. The van der Waals surface area contributed by atoms with Crippen LogP contribution in [0.15, 0.2) is 18.3 Å². The monoisotopic (exact) mass is 148 g/mol. The van der Waals surface area contributed by atoms with Crippen LogP contribution in [-0.2, 0) is 0 Å². The van der Waals surface area contributed by atoms with Crippen molar-refractivity contribution in [3.63, 3.8) is 0 Å². The summed E-state index contributed by atoms with van der Waals surface area (Å²) in [6.45, 7) is 0. The van der Waals surface area contributed by atoms with Gasteiger partial charge in [0.2, 0.25) is 0 Å². The number of hydrogen-bond acceptors (Lipinski definition) is 4. The number of hydrogen-bond donors (Lipinski definition) is 2. The van der Waals surface area contributed by atoms with Crippen LogP contribution in [0.25, 0.3) is 0 Å². The Labute approximate surface area is 63.9 Å². The Morgan fingerprint density at radius 3 is 2.82 bits per heavy atom. The number of rotatable bonds is 1. The second-order valence-corrected chi connectivity index (χ2v) is 1.95. The van der Waals surface area contributed by atoms with Gasteiger partial charge in [-0.2, -0.15) is 5.26 Å². The molecule has 0 saturated carbocycles. The van der Waals surface area contributed by atoms with Crippen molar-refractivity contribution in [2.75, 3.05) is 0 Å². The average molecular weight is 148 g/mol. The Balaban J connectivity index is 3.03. The van der Waals surface area contributed by atoms with Crippen LogP contribution in [0.3, 0.4) is 0 Å². The molecule has 0 aliphatic carbocycles. The quantitative estimate of drug-likeness (QED) is 0.481. The van der Waals surface area contributed by atoms with E-state index in [0.717, 1.165) is 0 Å². The minimum Gasteiger partial charge on any atom is -0.422 e. The lowest BCUT2D eigenvalue weighted by Gasteiger charge is -1.95. The van der Waals surface area contributed by atoms with Crippen LogP contribution in [0.1, 0.15) is 5.56 Å². The van der Waals surface area contributed by atoms with E-state index in [1.54, 1.807) is 0 Å². The molecule has 4 nitrogen and oxygen atoms in total. The minimum atomic E-state index is -1.61. The molecule has 5 heteroatoms. The van der Waals surface area contributed by atoms with Crippen molar-refractivity contribution in [1.82, 2.24) is 4.98 Å². The second-order valence-electron chi connectivity index (χ2n) is 1.95. The maximum absolute atomic E-state index is 8.63. The first-order valence-corrected chi connectivity index (χ1v) is 2.96. The molecule has 0 bridgehead atoms. The van der Waals surface area contributed by atoms with Crippen molar-refractivity contribution in [3.05, 3.63) is 23.9 Å². The molecule has 0 aromatic carbocycles. The molecule has 1 rings (SSSR count). The molecular weight excluding hydrogens is 143 g/mol. The lowest BCUT2D eigenvalue weighted by molar-refractivity contribution is 0.424. The number of pyridine rings is 1. The maximum atomic E-state index is 8.63. The number of nitriles is 1. The van der Waals surface area contributed by atoms with Gasteiger partial charge in [-0.1, -0.05) is 0 Å². The molecule has 0 fully saturated rings. The Morgan fingerprint density at radius 1 is 1.55 bits per heavy atom. The van der Waals surface area contributed by atoms with Gasteiger partial charge in [0.15, 0.2) is 0 Å². The molecule has 0 atom stereocenters. The van der Waals surface area contributed by atoms with Crippen molar-refractivity contribution in [3.8, 4) is 6.07 Å². The Morgan fingerprint density at radius 2 is 2.27 bits per heavy atom. The Hall–Kier alpha value is -1.38. The second kappa shape index (κ2) is 3.15. The first-order chi connectivity index (χ1) is 5.24. The summed E-state index contributed by atoms with van der Waals surface area (Å²) in [5, 5.41) is 25.7. The molecule has 1 aromatic rings. The zero-order valence-electron chi connectivity index (χ0n) is 5.60. The fourth-order valence-corrected chi connectivity index (χ4v) is 0.659. The van der Waals surface area contributed by atoms with Crippen molar-refractivity contribution < 1.29 is 10.0 Å². The molecule has 0 radical (unpaired) electrons. The van der Waals surface area contributed by atoms with E-state index in [1.807, 2.05) is 6.07 Å². The summed E-state index contributed by atoms with van der Waals surface area (Å²) in [6.07, 6.45) is 1.35. The summed E-state index contributed by atoms with van der Waals surface area (Å²) in [7, 11) is -1.61. The molecule has 11 heavy (non-hydrogen) atoms. The highest BCUT2D eigenvalue weighted by molar-refractivity contribution is 6.57. The van der Waals surface area contributed by atoms with Gasteiger partial charge in [0, 0.05) is 6.20 Å². The normalized spacial score (nSPS) is 8.82. The van der Waals surface area contributed by atoms with Crippen LogP contribution < -0.4 is 5.59 Å². The molecule has 0 spiro atoms. The van der Waals surface area contributed by atoms with Crippen LogP contribution in [0.5, 0.6) is 0 Å². The van der Waals surface area contributed by atoms with E-state index < -0.39 is 7.12 Å². The van der Waals surface area contributed by atoms with Crippen LogP contribution in [0.4, 0.5) is 0 Å². The van der Waals surface area contributed by atoms with E-state index in [-0.39, 0.29) is 5.59 Å². The van der Waals surface area contributed by atoms with E-state index in [2.05, 4.69) is 4.98 Å². The van der Waals surface area contributed by atoms with Crippen molar-refractivity contribution in [1.29, 1.82) is 5.26 Å². The molecule has 0 amide bonds. The SMILES string of the molecule is N#Cc1ccnc(B(O)O)c1. The highest BCUT2D eigenvalue weighted by Crippen LogP contribution is 1.90. The van der Waals surface area contributed by atoms with Gasteiger partial charge in [0.25, 0.3) is 0 Å². The molecule has 54 valence electrons. The molecule has 1 aromatic heterocycles. The van der Waals surface area contributed by atoms with Crippen LogP contribution >= 0.6 is 0 Å². The van der Waals surface area contributed by atoms with E-state index in [4.69, 9.17) is 15.3 Å². The van der Waals surface area contributed by atoms with Gasteiger partial charge in [0.1, 0.15) is 0 Å². The third-order valence-electron chi connectivity index (χ3n) is 1.17. The van der Waals surface area contributed by atoms with Gasteiger partial charge >= 0.3 is 7.12 Å². The predicted molar refractivity (Wildman–Crippen MR) is 38.8 cm³/mol. The Kier molecular flexibility index (Phi) is 2.21. The molecule has 1 heterocycles. The van der Waals surface area contributed by atoms with E-state index in [1.165, 1.54) is 18.3 Å². The van der Waals surface area contributed by atoms with Crippen molar-refractivity contribution >= 4 is 12.7 Å². The van der Waals surface area contributed by atoms with Gasteiger partial charge in [-0.3, -0.25) is 4.98 Å². The lowest BCUT2D eigenvalue weighted by Crippen LogP contribution is -2.32. The lowest BCUT2D eigenvalue weighted by atomic mass is 9.85. The molecule has 0 aliphatic heterocycles. The average Bonchev–Trinajstić information content (AvgIpc) is 2.05. The summed E-state index contributed by atoms with van der Waals surface area (Å²) in [5.74, 6) is 0. The first kappa shape index (κ1) is 7.73. The first-order valence-electron chi connectivity index (χ1n) is 2.96. The molecule has 0 saturated heterocycles. The summed E-state index contributed by atoms with van der Waals surface area (Å²) < 4.78 is 0. The van der Waals surface area contributed by atoms with Crippen LogP contribution in [-0.4, -0.2) is 22.2 Å². The fourth-order valence-electron chi connectivity index (χ4n) is 0.659. The highest BCUT2D eigenvalue weighted by Gasteiger charge is 2.12. The Bertz CT molecular complexity index is 295. The highest BCUT2D eigenvalue weighted by atomic mass is 16.4. The zero-order chi connectivity index (χ0) is 8.27. The van der Waals surface area contributed by atoms with Gasteiger partial charge in [-0.15, -0.1) is 0 Å². The van der Waals surface area contributed by atoms with Gasteiger partial charge in [-0.05, 0) is 12.1 Å². The van der Waals surface area contributed by atoms with E-state index >= 15 is 0 Å². The van der Waals surface area contributed by atoms with Crippen molar-refractivity contribution in [2.24, 2.45) is 0 Å². The molecule has 0 aliphatic rings. The smallest absolute Gasteiger partial charge is 0.422 e. The van der Waals surface area contributed by atoms with Crippen molar-refractivity contribution in [2.45, 2.75) is 0 Å². The summed E-state index contributed by atoms with van der Waals surface area (Å²) >= 11 is 0. The van der Waals surface area contributed by atoms with Gasteiger partial charge in [-0.25, -0.2) is 0 Å². The topological polar surface area (TPSA) is 77.1 Å². The summed E-state index contributed by atoms with van der Waals surface area (Å²) in [6, 6.07) is 4.68. The number of nitrogens with zero attached hydrogens (tertiary/aromatic N) is 2. The third kappa shape index (κ3) is 1.77. The molecular formula is C6H5BN2O2. The number of aromatic nitrogens is 1. The van der Waals surface area contributed by atoms with Gasteiger partial charge < -0.3 is 10.0 Å². The summed E-state index contributed by atoms with van der Waals surface area (Å²) in [5.41, 5.74) is 0.451. The molecule has 0 unspecified atom stereocenters. The predicted octanol–water partition coefficient (Wildman–Crippen LogP) is -1.37. The third-order valence-corrected chi connectivity index (χ3v) is 1.17. The van der Waals surface area contributed by atoms with E-state index in [9.17, 15) is 0 Å². The van der Waals surface area contributed by atoms with Gasteiger partial charge in [0.05, 0.1) is 17.2 Å². The van der Waals surface area contributed by atoms with Crippen LogP contribution in [0, 0.1) is 11.3 Å². The van der Waals surface area contributed by atoms with Crippen LogP contribution in [0.2, 0.25) is 0 Å². The zero-order valence-corrected chi connectivity index (χ0v) is 5.60. The minimum absolute atomic E-state index is 0.0871. The van der Waals surface area contributed by atoms with E-state index in [0.29, 0.717) is 5.56 Å². The molecule has 2 N–H and O–H groups in total.